The zero-order valence-electron chi connectivity index (χ0n) is 11.6. The zero-order valence-corrected chi connectivity index (χ0v) is 11.6. The molecule has 0 spiro atoms. The summed E-state index contributed by atoms with van der Waals surface area (Å²) in [6.45, 7) is 0. The lowest BCUT2D eigenvalue weighted by atomic mass is 10.00. The SMILES string of the molecule is COc1cc2cccc(CC(=O)O)c2c(OC)c1OC. The second-order valence-electron chi connectivity index (χ2n) is 4.23. The minimum absolute atomic E-state index is 0.0802. The molecule has 0 aliphatic heterocycles. The van der Waals surface area contributed by atoms with Crippen molar-refractivity contribution in [3.63, 3.8) is 0 Å². The minimum Gasteiger partial charge on any atom is -0.493 e. The van der Waals surface area contributed by atoms with Crippen LogP contribution in [0, 0.1) is 0 Å². The van der Waals surface area contributed by atoms with Crippen molar-refractivity contribution < 1.29 is 24.1 Å². The van der Waals surface area contributed by atoms with Crippen molar-refractivity contribution in [2.45, 2.75) is 6.42 Å². The van der Waals surface area contributed by atoms with E-state index in [9.17, 15) is 4.79 Å². The molecule has 0 aliphatic rings. The number of fused-ring (bicyclic) bond motifs is 1. The fraction of sp³-hybridized carbons (Fsp3) is 0.267. The van der Waals surface area contributed by atoms with Gasteiger partial charge in [0.1, 0.15) is 0 Å². The first-order valence-corrected chi connectivity index (χ1v) is 6.04. The number of aliphatic carboxylic acids is 1. The van der Waals surface area contributed by atoms with Gasteiger partial charge in [-0.2, -0.15) is 0 Å². The molecule has 0 aromatic heterocycles. The van der Waals surface area contributed by atoms with Crippen molar-refractivity contribution in [2.24, 2.45) is 0 Å². The molecule has 0 saturated heterocycles. The maximum atomic E-state index is 11.0. The molecule has 1 N–H and O–H groups in total. The highest BCUT2D eigenvalue weighted by Gasteiger charge is 2.18. The number of methoxy groups -OCH3 is 3. The summed E-state index contributed by atoms with van der Waals surface area (Å²) in [5, 5.41) is 10.6. The van der Waals surface area contributed by atoms with Crippen LogP contribution in [0.4, 0.5) is 0 Å². The van der Waals surface area contributed by atoms with Crippen LogP contribution >= 0.6 is 0 Å². The van der Waals surface area contributed by atoms with Gasteiger partial charge in [-0.1, -0.05) is 18.2 Å². The van der Waals surface area contributed by atoms with Gasteiger partial charge in [-0.3, -0.25) is 4.79 Å². The van der Waals surface area contributed by atoms with E-state index in [-0.39, 0.29) is 6.42 Å². The third-order valence-electron chi connectivity index (χ3n) is 3.10. The van der Waals surface area contributed by atoms with E-state index < -0.39 is 5.97 Å². The van der Waals surface area contributed by atoms with Crippen LogP contribution in [0.15, 0.2) is 24.3 Å². The summed E-state index contributed by atoms with van der Waals surface area (Å²) in [4.78, 5) is 11.0. The Morgan fingerprint density at radius 3 is 2.35 bits per heavy atom. The number of hydrogen-bond acceptors (Lipinski definition) is 4. The van der Waals surface area contributed by atoms with E-state index in [1.807, 2.05) is 18.2 Å². The molecule has 2 rings (SSSR count). The van der Waals surface area contributed by atoms with Gasteiger partial charge < -0.3 is 19.3 Å². The molecule has 0 aliphatic carbocycles. The van der Waals surface area contributed by atoms with Gasteiger partial charge in [0.15, 0.2) is 11.5 Å². The lowest BCUT2D eigenvalue weighted by Crippen LogP contribution is -2.03. The van der Waals surface area contributed by atoms with Gasteiger partial charge in [-0.25, -0.2) is 0 Å². The summed E-state index contributed by atoms with van der Waals surface area (Å²) in [6.07, 6.45) is -0.0802. The standard InChI is InChI=1S/C15H16O5/c1-18-11-7-9-5-4-6-10(8-12(16)17)13(9)15(20-3)14(11)19-2/h4-7H,8H2,1-3H3,(H,16,17). The van der Waals surface area contributed by atoms with Gasteiger partial charge in [-0.15, -0.1) is 0 Å². The number of carboxylic acids is 1. The average molecular weight is 276 g/mol. The van der Waals surface area contributed by atoms with Gasteiger partial charge in [0, 0.05) is 5.39 Å². The first-order valence-electron chi connectivity index (χ1n) is 6.04. The minimum atomic E-state index is -0.894. The Bertz CT molecular complexity index is 648. The Hall–Kier alpha value is -2.43. The van der Waals surface area contributed by atoms with E-state index in [1.165, 1.54) is 14.2 Å². The van der Waals surface area contributed by atoms with Crippen LogP contribution < -0.4 is 14.2 Å². The summed E-state index contributed by atoms with van der Waals surface area (Å²) in [7, 11) is 4.59. The lowest BCUT2D eigenvalue weighted by molar-refractivity contribution is -0.136. The Morgan fingerprint density at radius 1 is 1.10 bits per heavy atom. The molecule has 2 aromatic rings. The van der Waals surface area contributed by atoms with Crippen LogP contribution in [-0.4, -0.2) is 32.4 Å². The van der Waals surface area contributed by atoms with Gasteiger partial charge in [0.25, 0.3) is 0 Å². The molecule has 0 atom stereocenters. The molecule has 2 aromatic carbocycles. The Balaban J connectivity index is 2.82. The third-order valence-corrected chi connectivity index (χ3v) is 3.10. The van der Waals surface area contributed by atoms with Crippen LogP contribution in [0.2, 0.25) is 0 Å². The number of rotatable bonds is 5. The molecule has 0 bridgehead atoms. The van der Waals surface area contributed by atoms with Crippen LogP contribution in [0.1, 0.15) is 5.56 Å². The van der Waals surface area contributed by atoms with Crippen LogP contribution in [0.3, 0.4) is 0 Å². The highest BCUT2D eigenvalue weighted by Crippen LogP contribution is 2.44. The third kappa shape index (κ3) is 2.34. The molecule has 0 saturated carbocycles. The van der Waals surface area contributed by atoms with Crippen molar-refractivity contribution in [2.75, 3.05) is 21.3 Å². The average Bonchev–Trinajstić information content (AvgIpc) is 2.44. The number of carboxylic acid groups (broad SMARTS) is 1. The van der Waals surface area contributed by atoms with Crippen molar-refractivity contribution in [3.05, 3.63) is 29.8 Å². The molecule has 5 nitrogen and oxygen atoms in total. The molecular formula is C15H16O5. The van der Waals surface area contributed by atoms with Gasteiger partial charge in [-0.05, 0) is 17.0 Å². The molecule has 20 heavy (non-hydrogen) atoms. The van der Waals surface area contributed by atoms with Gasteiger partial charge >= 0.3 is 5.97 Å². The number of benzene rings is 2. The maximum absolute atomic E-state index is 11.0. The number of hydrogen-bond donors (Lipinski definition) is 1. The van der Waals surface area contributed by atoms with Crippen LogP contribution in [-0.2, 0) is 11.2 Å². The second-order valence-corrected chi connectivity index (χ2v) is 4.23. The normalized spacial score (nSPS) is 10.3. The quantitative estimate of drug-likeness (QED) is 0.909. The first kappa shape index (κ1) is 14.0. The van der Waals surface area contributed by atoms with Crippen LogP contribution in [0.5, 0.6) is 17.2 Å². The maximum Gasteiger partial charge on any atom is 0.307 e. The van der Waals surface area contributed by atoms with Crippen LogP contribution in [0.25, 0.3) is 10.8 Å². The predicted octanol–water partition coefficient (Wildman–Crippen LogP) is 2.49. The topological polar surface area (TPSA) is 65.0 Å². The zero-order chi connectivity index (χ0) is 14.7. The number of carbonyl (C=O) groups is 1. The summed E-state index contributed by atoms with van der Waals surface area (Å²) >= 11 is 0. The Labute approximate surface area is 116 Å². The smallest absolute Gasteiger partial charge is 0.307 e. The monoisotopic (exact) mass is 276 g/mol. The summed E-state index contributed by atoms with van der Waals surface area (Å²) in [5.41, 5.74) is 0.674. The van der Waals surface area contributed by atoms with Crippen molar-refractivity contribution in [1.29, 1.82) is 0 Å². The van der Waals surface area contributed by atoms with E-state index in [4.69, 9.17) is 19.3 Å². The van der Waals surface area contributed by atoms with E-state index >= 15 is 0 Å². The van der Waals surface area contributed by atoms with Crippen molar-refractivity contribution in [3.8, 4) is 17.2 Å². The summed E-state index contributed by atoms with van der Waals surface area (Å²) < 4.78 is 16.0. The van der Waals surface area contributed by atoms with E-state index in [0.29, 0.717) is 22.8 Å². The van der Waals surface area contributed by atoms with Gasteiger partial charge in [0.2, 0.25) is 5.75 Å². The number of ether oxygens (including phenoxy) is 3. The fourth-order valence-electron chi connectivity index (χ4n) is 2.30. The van der Waals surface area contributed by atoms with Gasteiger partial charge in [0.05, 0.1) is 27.8 Å². The largest absolute Gasteiger partial charge is 0.493 e. The highest BCUT2D eigenvalue weighted by atomic mass is 16.5. The summed E-state index contributed by atoms with van der Waals surface area (Å²) in [6, 6.07) is 7.27. The molecule has 5 heteroatoms. The van der Waals surface area contributed by atoms with Crippen molar-refractivity contribution in [1.82, 2.24) is 0 Å². The molecule has 0 amide bonds. The molecule has 0 unspecified atom stereocenters. The Kier molecular flexibility index (Phi) is 3.98. The fourth-order valence-corrected chi connectivity index (χ4v) is 2.30. The second kappa shape index (κ2) is 5.69. The molecular weight excluding hydrogens is 260 g/mol. The molecule has 0 radical (unpaired) electrons. The molecule has 0 heterocycles. The van der Waals surface area contributed by atoms with E-state index in [0.717, 1.165) is 10.8 Å². The summed E-state index contributed by atoms with van der Waals surface area (Å²) in [5.74, 6) is 0.595. The first-order chi connectivity index (χ1) is 9.62. The Morgan fingerprint density at radius 2 is 1.80 bits per heavy atom. The lowest BCUT2D eigenvalue weighted by Gasteiger charge is -2.16. The van der Waals surface area contributed by atoms with E-state index in [2.05, 4.69) is 0 Å². The highest BCUT2D eigenvalue weighted by molar-refractivity contribution is 5.97. The van der Waals surface area contributed by atoms with Crippen molar-refractivity contribution >= 4 is 16.7 Å². The predicted molar refractivity (Wildman–Crippen MR) is 74.9 cm³/mol. The van der Waals surface area contributed by atoms with E-state index in [1.54, 1.807) is 13.2 Å². The molecule has 0 fully saturated rings. The molecule has 106 valence electrons.